The molecule has 3 heterocycles. The molecule has 3 aromatic heterocycles. The third-order valence-corrected chi connectivity index (χ3v) is 4.85. The van der Waals surface area contributed by atoms with Crippen LogP contribution in [0.5, 0.6) is 0 Å². The van der Waals surface area contributed by atoms with Crippen molar-refractivity contribution in [2.75, 3.05) is 0 Å². The van der Waals surface area contributed by atoms with Gasteiger partial charge in [-0.2, -0.15) is 4.57 Å². The van der Waals surface area contributed by atoms with Crippen molar-refractivity contribution in [2.24, 2.45) is 14.1 Å². The fraction of sp³-hybridized carbons (Fsp3) is 0.444. The van der Waals surface area contributed by atoms with Crippen LogP contribution in [0.15, 0.2) is 36.9 Å². The Morgan fingerprint density at radius 3 is 2.91 bits per heavy atom. The summed E-state index contributed by atoms with van der Waals surface area (Å²) < 4.78 is 15.2. The lowest BCUT2D eigenvalue weighted by molar-refractivity contribution is -0.660. The number of imidazole rings is 2. The van der Waals surface area contributed by atoms with Crippen LogP contribution in [0.4, 0.5) is 0 Å². The SMILES string of the molecule is [2H]C1(c2cc[n+](C)c(-c3cn4ccnc4n3C)c2)CCCCC1. The Morgan fingerprint density at radius 1 is 1.32 bits per heavy atom. The van der Waals surface area contributed by atoms with E-state index in [0.717, 1.165) is 48.4 Å². The Kier molecular flexibility index (Phi) is 2.98. The van der Waals surface area contributed by atoms with Crippen molar-refractivity contribution in [3.05, 3.63) is 42.5 Å². The molecule has 0 bridgehead atoms. The minimum atomic E-state index is -0.424. The van der Waals surface area contributed by atoms with E-state index in [1.165, 1.54) is 6.42 Å². The number of nitrogens with zero attached hydrogens (tertiary/aromatic N) is 4. The molecule has 1 aliphatic carbocycles. The second kappa shape index (κ2) is 5.27. The Labute approximate surface area is 132 Å². The molecule has 114 valence electrons. The Hall–Kier alpha value is -2.10. The predicted molar refractivity (Wildman–Crippen MR) is 86.6 cm³/mol. The fourth-order valence-corrected chi connectivity index (χ4v) is 3.54. The molecule has 0 spiro atoms. The summed E-state index contributed by atoms with van der Waals surface area (Å²) in [6, 6.07) is 4.32. The average molecular weight is 296 g/mol. The van der Waals surface area contributed by atoms with Gasteiger partial charge in [-0.1, -0.05) is 19.3 Å². The van der Waals surface area contributed by atoms with Crippen molar-refractivity contribution < 1.29 is 5.94 Å². The molecule has 1 fully saturated rings. The summed E-state index contributed by atoms with van der Waals surface area (Å²) in [5.74, 6) is 0.510. The van der Waals surface area contributed by atoms with Crippen LogP contribution in [0.25, 0.3) is 17.2 Å². The Morgan fingerprint density at radius 2 is 2.14 bits per heavy atom. The second-order valence-electron chi connectivity index (χ2n) is 6.28. The highest BCUT2D eigenvalue weighted by Gasteiger charge is 2.21. The third-order valence-electron chi connectivity index (χ3n) is 4.85. The van der Waals surface area contributed by atoms with Crippen LogP contribution in [-0.2, 0) is 14.1 Å². The first-order valence-electron chi connectivity index (χ1n) is 8.57. The van der Waals surface area contributed by atoms with Crippen LogP contribution in [0.2, 0.25) is 0 Å². The highest BCUT2D eigenvalue weighted by molar-refractivity contribution is 5.57. The summed E-state index contributed by atoms with van der Waals surface area (Å²) in [6.45, 7) is 0. The molecular formula is C18H23N4+. The van der Waals surface area contributed by atoms with Gasteiger partial charge in [-0.05, 0) is 24.3 Å². The standard InChI is InChI=1S/C18H23N4/c1-20-10-8-15(14-6-4-3-5-7-14)12-16(20)17-13-22-11-9-19-18(22)21(17)2/h8-14H,3-7H2,1-2H3/q+1/i14D. The maximum Gasteiger partial charge on any atom is 0.230 e. The number of aryl methyl sites for hydroxylation is 2. The number of hydrogen-bond acceptors (Lipinski definition) is 1. The highest BCUT2D eigenvalue weighted by Crippen LogP contribution is 2.33. The minimum Gasteiger partial charge on any atom is -0.308 e. The fourth-order valence-electron chi connectivity index (χ4n) is 3.54. The number of hydrogen-bond donors (Lipinski definition) is 0. The van der Waals surface area contributed by atoms with E-state index < -0.39 is 5.89 Å². The van der Waals surface area contributed by atoms with Crippen LogP contribution in [0, 0.1) is 0 Å². The smallest absolute Gasteiger partial charge is 0.230 e. The van der Waals surface area contributed by atoms with E-state index >= 15 is 0 Å². The van der Waals surface area contributed by atoms with Crippen LogP contribution >= 0.6 is 0 Å². The van der Waals surface area contributed by atoms with Gasteiger partial charge in [0, 0.05) is 39.1 Å². The molecule has 0 radical (unpaired) electrons. The van der Waals surface area contributed by atoms with Gasteiger partial charge in [-0.3, -0.25) is 4.40 Å². The maximum atomic E-state index is 8.89. The molecule has 1 saturated carbocycles. The zero-order valence-electron chi connectivity index (χ0n) is 14.3. The number of pyridine rings is 1. The van der Waals surface area contributed by atoms with Gasteiger partial charge in [0.15, 0.2) is 6.20 Å². The molecule has 22 heavy (non-hydrogen) atoms. The molecule has 0 saturated heterocycles. The largest absolute Gasteiger partial charge is 0.308 e. The Balaban J connectivity index is 1.83. The summed E-state index contributed by atoms with van der Waals surface area (Å²) >= 11 is 0. The second-order valence-corrected chi connectivity index (χ2v) is 6.28. The van der Waals surface area contributed by atoms with Crippen LogP contribution < -0.4 is 4.57 Å². The summed E-state index contributed by atoms with van der Waals surface area (Å²) in [5.41, 5.74) is 3.40. The van der Waals surface area contributed by atoms with E-state index in [2.05, 4.69) is 45.7 Å². The minimum absolute atomic E-state index is 0.424. The molecule has 4 rings (SSSR count). The lowest BCUT2D eigenvalue weighted by Crippen LogP contribution is -2.31. The monoisotopic (exact) mass is 296 g/mol. The molecule has 4 heteroatoms. The van der Waals surface area contributed by atoms with Crippen molar-refractivity contribution in [1.82, 2.24) is 14.0 Å². The molecule has 0 amide bonds. The third kappa shape index (κ3) is 2.14. The van der Waals surface area contributed by atoms with E-state index in [9.17, 15) is 0 Å². The van der Waals surface area contributed by atoms with Gasteiger partial charge >= 0.3 is 0 Å². The summed E-state index contributed by atoms with van der Waals surface area (Å²) in [6.07, 6.45) is 13.5. The lowest BCUT2D eigenvalue weighted by Gasteiger charge is -2.21. The molecule has 0 unspecified atom stereocenters. The number of aromatic nitrogens is 4. The first-order valence-corrected chi connectivity index (χ1v) is 8.07. The van der Waals surface area contributed by atoms with Gasteiger partial charge in [-0.15, -0.1) is 0 Å². The van der Waals surface area contributed by atoms with E-state index in [1.807, 2.05) is 23.8 Å². The van der Waals surface area contributed by atoms with Gasteiger partial charge in [0.2, 0.25) is 11.5 Å². The molecule has 0 atom stereocenters. The number of fused-ring (bicyclic) bond motifs is 1. The van der Waals surface area contributed by atoms with Crippen molar-refractivity contribution >= 4 is 5.78 Å². The molecule has 1 aliphatic rings. The Bertz CT molecular complexity index is 855. The summed E-state index contributed by atoms with van der Waals surface area (Å²) in [7, 11) is 4.10. The van der Waals surface area contributed by atoms with Crippen LogP contribution in [-0.4, -0.2) is 14.0 Å². The van der Waals surface area contributed by atoms with Crippen molar-refractivity contribution in [3.8, 4) is 11.4 Å². The quantitative estimate of drug-likeness (QED) is 0.667. The molecule has 0 aliphatic heterocycles. The lowest BCUT2D eigenvalue weighted by atomic mass is 9.84. The topological polar surface area (TPSA) is 26.1 Å². The van der Waals surface area contributed by atoms with Gasteiger partial charge in [0.1, 0.15) is 12.7 Å². The van der Waals surface area contributed by atoms with E-state index in [-0.39, 0.29) is 0 Å². The predicted octanol–water partition coefficient (Wildman–Crippen LogP) is 3.21. The molecule has 3 aromatic rings. The number of rotatable bonds is 2. The maximum absolute atomic E-state index is 8.89. The first kappa shape index (κ1) is 12.4. The molecule has 0 N–H and O–H groups in total. The van der Waals surface area contributed by atoms with Gasteiger partial charge < -0.3 is 4.57 Å². The van der Waals surface area contributed by atoms with Crippen LogP contribution in [0.3, 0.4) is 0 Å². The van der Waals surface area contributed by atoms with Crippen molar-refractivity contribution in [1.29, 1.82) is 0 Å². The van der Waals surface area contributed by atoms with Gasteiger partial charge in [-0.25, -0.2) is 4.98 Å². The molecule has 0 aromatic carbocycles. The molecule has 4 nitrogen and oxygen atoms in total. The van der Waals surface area contributed by atoms with E-state index in [1.54, 1.807) is 0 Å². The molecular weight excluding hydrogens is 272 g/mol. The highest BCUT2D eigenvalue weighted by atomic mass is 15.2. The van der Waals surface area contributed by atoms with Gasteiger partial charge in [0.25, 0.3) is 0 Å². The summed E-state index contributed by atoms with van der Waals surface area (Å²) in [4.78, 5) is 4.40. The van der Waals surface area contributed by atoms with Gasteiger partial charge in [0.05, 0.1) is 0 Å². The van der Waals surface area contributed by atoms with E-state index in [0.29, 0.717) is 0 Å². The van der Waals surface area contributed by atoms with E-state index in [4.69, 9.17) is 1.37 Å². The first-order chi connectivity index (χ1) is 11.1. The summed E-state index contributed by atoms with van der Waals surface area (Å²) in [5, 5.41) is 0. The van der Waals surface area contributed by atoms with Crippen LogP contribution in [0.1, 0.15) is 44.9 Å². The van der Waals surface area contributed by atoms with Crippen molar-refractivity contribution in [3.63, 3.8) is 0 Å². The zero-order valence-corrected chi connectivity index (χ0v) is 13.3. The normalized spacial score (nSPS) is 18.5. The average Bonchev–Trinajstić information content (AvgIpc) is 3.12. The zero-order chi connectivity index (χ0) is 16.0. The van der Waals surface area contributed by atoms with Crippen molar-refractivity contribution in [2.45, 2.75) is 38.0 Å².